The van der Waals surface area contributed by atoms with Gasteiger partial charge < -0.3 is 19.5 Å². The summed E-state index contributed by atoms with van der Waals surface area (Å²) < 4.78 is 11.3. The summed E-state index contributed by atoms with van der Waals surface area (Å²) in [5, 5.41) is 2.80. The number of Topliss-reactive ketones (excluding diaryl/α,β-unsaturated/α-hetero) is 1. The molecule has 1 aliphatic rings. The zero-order valence-corrected chi connectivity index (χ0v) is 23.0. The van der Waals surface area contributed by atoms with E-state index in [1.165, 1.54) is 18.6 Å². The molecule has 1 aliphatic heterocycles. The molecule has 0 spiro atoms. The Morgan fingerprint density at radius 3 is 2.51 bits per heavy atom. The van der Waals surface area contributed by atoms with Gasteiger partial charge in [-0.25, -0.2) is 4.98 Å². The van der Waals surface area contributed by atoms with Crippen LogP contribution in [-0.4, -0.2) is 71.3 Å². The van der Waals surface area contributed by atoms with Crippen molar-refractivity contribution < 1.29 is 28.5 Å². The first kappa shape index (κ1) is 30.0. The van der Waals surface area contributed by atoms with E-state index in [1.54, 1.807) is 0 Å². The zero-order valence-electron chi connectivity index (χ0n) is 23.0. The summed E-state index contributed by atoms with van der Waals surface area (Å²) in [7, 11) is 0.646. The largest absolute Gasteiger partial charge is 0.602 e. The lowest BCUT2D eigenvalue weighted by atomic mass is 9.64. The van der Waals surface area contributed by atoms with E-state index in [0.29, 0.717) is 13.0 Å². The fourth-order valence-corrected chi connectivity index (χ4v) is 4.51. The fourth-order valence-electron chi connectivity index (χ4n) is 4.51. The molecule has 1 fully saturated rings. The van der Waals surface area contributed by atoms with E-state index in [-0.39, 0.29) is 49.1 Å². The molecule has 3 atom stereocenters. The third-order valence-corrected chi connectivity index (χ3v) is 6.77. The van der Waals surface area contributed by atoms with Gasteiger partial charge in [0.25, 0.3) is 17.8 Å². The average molecular weight is 536 g/mol. The third-order valence-electron chi connectivity index (χ3n) is 6.77. The Morgan fingerprint density at radius 1 is 1.13 bits per heavy atom. The molecule has 208 valence electrons. The van der Waals surface area contributed by atoms with Crippen LogP contribution in [0.15, 0.2) is 48.9 Å². The number of aromatic nitrogens is 2. The van der Waals surface area contributed by atoms with E-state index < -0.39 is 36.8 Å². The van der Waals surface area contributed by atoms with Crippen LogP contribution in [0.25, 0.3) is 0 Å². The Balaban J connectivity index is 1.83. The highest BCUT2D eigenvalue weighted by Gasteiger charge is 2.41. The smallest absolute Gasteiger partial charge is 0.499 e. The van der Waals surface area contributed by atoms with E-state index in [4.69, 9.17) is 9.31 Å². The Morgan fingerprint density at radius 2 is 1.85 bits per heavy atom. The zero-order chi connectivity index (χ0) is 28.4. The van der Waals surface area contributed by atoms with Crippen LogP contribution >= 0.6 is 0 Å². The van der Waals surface area contributed by atoms with E-state index in [9.17, 15) is 19.2 Å². The molecule has 1 aromatic heterocycles. The van der Waals surface area contributed by atoms with Gasteiger partial charge in [-0.15, -0.1) is 0 Å². The van der Waals surface area contributed by atoms with Crippen molar-refractivity contribution in [2.75, 3.05) is 13.6 Å². The van der Waals surface area contributed by atoms with Crippen molar-refractivity contribution in [3.8, 4) is 0 Å². The predicted octanol–water partition coefficient (Wildman–Crippen LogP) is 2.88. The molecule has 0 radical (unpaired) electrons. The molecule has 2 aromatic rings. The number of rotatable bonds is 10. The van der Waals surface area contributed by atoms with Gasteiger partial charge in [-0.1, -0.05) is 44.2 Å². The average Bonchev–Trinajstić information content (AvgIpc) is 2.90. The van der Waals surface area contributed by atoms with Crippen molar-refractivity contribution in [2.24, 2.45) is 5.92 Å². The first-order valence-corrected chi connectivity index (χ1v) is 13.3. The normalized spacial score (nSPS) is 18.6. The minimum atomic E-state index is -1.19. The Labute approximate surface area is 230 Å². The number of nitrogens with zero attached hydrogens (tertiary/aromatic N) is 3. The standard InChI is InChI=1S/C28H37BN4O6/c1-19(2)14-22(29-38-26(35)10-13-33(4)20(3)15-27(36)39-29)17-25(34)23(16-21-8-6-5-7-9-21)32-28(37)24-18-30-11-12-31-24/h5-9,11-12,18-20,22-23H,10,13-17H2,1-4H3,(H,32,37)/t20-,22-,23+/m1/s1. The van der Waals surface area contributed by atoms with Crippen LogP contribution in [0.2, 0.25) is 5.82 Å². The van der Waals surface area contributed by atoms with Crippen LogP contribution < -0.4 is 5.32 Å². The van der Waals surface area contributed by atoms with Gasteiger partial charge in [0.15, 0.2) is 5.78 Å². The lowest BCUT2D eigenvalue weighted by molar-refractivity contribution is -0.143. The molecule has 11 heteroatoms. The lowest BCUT2D eigenvalue weighted by Gasteiger charge is -2.29. The molecule has 0 bridgehead atoms. The summed E-state index contributed by atoms with van der Waals surface area (Å²) in [4.78, 5) is 61.9. The van der Waals surface area contributed by atoms with Gasteiger partial charge in [0.05, 0.1) is 25.1 Å². The molecular formula is C28H37BN4O6. The van der Waals surface area contributed by atoms with Crippen molar-refractivity contribution in [3.63, 3.8) is 0 Å². The summed E-state index contributed by atoms with van der Waals surface area (Å²) in [5.74, 6) is -2.22. The van der Waals surface area contributed by atoms with Crippen LogP contribution in [-0.2, 0) is 30.1 Å². The number of benzene rings is 1. The number of carbonyl (C=O) groups is 4. The van der Waals surface area contributed by atoms with Gasteiger partial charge in [-0.2, -0.15) is 0 Å². The minimum absolute atomic E-state index is 0.0584. The lowest BCUT2D eigenvalue weighted by Crippen LogP contribution is -2.45. The fraction of sp³-hybridized carbons (Fsp3) is 0.500. The number of ketones is 1. The second-order valence-corrected chi connectivity index (χ2v) is 10.5. The number of hydrogen-bond acceptors (Lipinski definition) is 9. The van der Waals surface area contributed by atoms with Gasteiger partial charge in [0, 0.05) is 37.2 Å². The molecule has 1 amide bonds. The van der Waals surface area contributed by atoms with E-state index in [2.05, 4.69) is 15.3 Å². The molecule has 1 aromatic carbocycles. The summed E-state index contributed by atoms with van der Waals surface area (Å²) in [6, 6.07) is 8.36. The Hall–Kier alpha value is -3.60. The first-order valence-electron chi connectivity index (χ1n) is 13.3. The summed E-state index contributed by atoms with van der Waals surface area (Å²) in [5.41, 5.74) is 0.960. The number of amides is 1. The monoisotopic (exact) mass is 536 g/mol. The van der Waals surface area contributed by atoms with Crippen molar-refractivity contribution in [1.29, 1.82) is 0 Å². The number of carbonyl (C=O) groups excluding carboxylic acids is 4. The molecular weight excluding hydrogens is 499 g/mol. The SMILES string of the molecule is CC(C)C[C@H](CC(=O)[C@H](Cc1ccccc1)NC(=O)c1cnccn1)B1OC(=O)CCN(C)[C@H](C)CC(=O)O1. The molecule has 3 rings (SSSR count). The third kappa shape index (κ3) is 9.58. The predicted molar refractivity (Wildman–Crippen MR) is 146 cm³/mol. The Kier molecular flexibility index (Phi) is 11.2. The molecule has 1 N–H and O–H groups in total. The van der Waals surface area contributed by atoms with Crippen LogP contribution in [0, 0.1) is 5.92 Å². The van der Waals surface area contributed by atoms with Crippen molar-refractivity contribution in [1.82, 2.24) is 20.2 Å². The minimum Gasteiger partial charge on any atom is -0.499 e. The van der Waals surface area contributed by atoms with Gasteiger partial charge in [0.1, 0.15) is 5.69 Å². The number of hydrogen-bond donors (Lipinski definition) is 1. The molecule has 2 heterocycles. The van der Waals surface area contributed by atoms with Gasteiger partial charge >= 0.3 is 7.12 Å². The van der Waals surface area contributed by atoms with E-state index in [1.807, 2.05) is 63.1 Å². The highest BCUT2D eigenvalue weighted by molar-refractivity contribution is 6.51. The van der Waals surface area contributed by atoms with Crippen molar-refractivity contribution in [2.45, 2.75) is 70.8 Å². The number of nitrogens with one attached hydrogen (secondary N) is 1. The Bertz CT molecular complexity index is 1120. The quantitative estimate of drug-likeness (QED) is 0.456. The summed E-state index contributed by atoms with van der Waals surface area (Å²) in [6.07, 6.45) is 5.15. The van der Waals surface area contributed by atoms with Gasteiger partial charge in [-0.05, 0) is 38.3 Å². The maximum atomic E-state index is 13.7. The van der Waals surface area contributed by atoms with Crippen LogP contribution in [0.1, 0.15) is 62.5 Å². The molecule has 39 heavy (non-hydrogen) atoms. The van der Waals surface area contributed by atoms with Crippen molar-refractivity contribution in [3.05, 3.63) is 60.2 Å². The van der Waals surface area contributed by atoms with Crippen molar-refractivity contribution >= 4 is 30.7 Å². The highest BCUT2D eigenvalue weighted by Crippen LogP contribution is 2.29. The molecule has 0 saturated carbocycles. The van der Waals surface area contributed by atoms with Gasteiger partial charge in [0.2, 0.25) is 0 Å². The van der Waals surface area contributed by atoms with Crippen LogP contribution in [0.5, 0.6) is 0 Å². The summed E-state index contributed by atoms with van der Waals surface area (Å²) in [6.45, 7) is 6.30. The van der Waals surface area contributed by atoms with E-state index in [0.717, 1.165) is 5.56 Å². The van der Waals surface area contributed by atoms with Gasteiger partial charge in [-0.3, -0.25) is 24.2 Å². The van der Waals surface area contributed by atoms with E-state index >= 15 is 0 Å². The second-order valence-electron chi connectivity index (χ2n) is 10.5. The highest BCUT2D eigenvalue weighted by atomic mass is 16.6. The maximum Gasteiger partial charge on any atom is 0.602 e. The molecule has 0 aliphatic carbocycles. The first-order chi connectivity index (χ1) is 18.6. The second kappa shape index (κ2) is 14.5. The maximum absolute atomic E-state index is 13.7. The molecule has 10 nitrogen and oxygen atoms in total. The molecule has 1 saturated heterocycles. The molecule has 0 unspecified atom stereocenters. The topological polar surface area (TPSA) is 128 Å². The van der Waals surface area contributed by atoms with Crippen LogP contribution in [0.4, 0.5) is 0 Å². The summed E-state index contributed by atoms with van der Waals surface area (Å²) >= 11 is 0. The van der Waals surface area contributed by atoms with Crippen LogP contribution in [0.3, 0.4) is 0 Å².